The smallest absolute Gasteiger partial charge is 0.275 e. The Labute approximate surface area is 128 Å². The molecule has 2 nitrogen and oxygen atoms in total. The zero-order valence-electron chi connectivity index (χ0n) is 14.0. The van der Waals surface area contributed by atoms with Crippen LogP contribution in [-0.4, -0.2) is 54.5 Å². The van der Waals surface area contributed by atoms with Crippen LogP contribution in [0.5, 0.6) is 0 Å². The highest BCUT2D eigenvalue weighted by atomic mass is 19.3. The zero-order valence-corrected chi connectivity index (χ0v) is 14.0. The van der Waals surface area contributed by atoms with Crippen LogP contribution in [0.15, 0.2) is 0 Å². The van der Waals surface area contributed by atoms with Crippen LogP contribution in [0.3, 0.4) is 0 Å². The number of hydrogen-bond donors (Lipinski definition) is 0. The molecule has 0 amide bonds. The number of rotatable bonds is 5. The molecule has 0 aromatic heterocycles. The number of piperidine rings is 2. The Balaban J connectivity index is 1.85. The second-order valence-electron chi connectivity index (χ2n) is 7.45. The van der Waals surface area contributed by atoms with Crippen LogP contribution in [0.1, 0.15) is 52.9 Å². The van der Waals surface area contributed by atoms with Crippen molar-refractivity contribution in [3.8, 4) is 0 Å². The third kappa shape index (κ3) is 4.62. The van der Waals surface area contributed by atoms with Crippen LogP contribution >= 0.6 is 0 Å². The molecular formula is C17H32F2N2. The van der Waals surface area contributed by atoms with Gasteiger partial charge in [0.05, 0.1) is 12.6 Å². The lowest BCUT2D eigenvalue weighted by Gasteiger charge is -2.46. The number of hydrogen-bond acceptors (Lipinski definition) is 2. The molecule has 2 fully saturated rings. The lowest BCUT2D eigenvalue weighted by atomic mass is 9.87. The second-order valence-corrected chi connectivity index (χ2v) is 7.45. The van der Waals surface area contributed by atoms with Gasteiger partial charge in [-0.05, 0) is 63.6 Å². The first-order valence-electron chi connectivity index (χ1n) is 8.76. The van der Waals surface area contributed by atoms with Crippen LogP contribution < -0.4 is 0 Å². The van der Waals surface area contributed by atoms with E-state index in [1.807, 2.05) is 4.90 Å². The molecule has 2 aliphatic rings. The van der Waals surface area contributed by atoms with Crippen molar-refractivity contribution in [1.29, 1.82) is 0 Å². The molecule has 0 bridgehead atoms. The van der Waals surface area contributed by atoms with Crippen molar-refractivity contribution in [2.24, 2.45) is 11.8 Å². The monoisotopic (exact) mass is 302 g/mol. The molecule has 2 saturated heterocycles. The minimum Gasteiger partial charge on any atom is -0.297 e. The second kappa shape index (κ2) is 7.36. The maximum absolute atomic E-state index is 14.5. The van der Waals surface area contributed by atoms with Gasteiger partial charge in [-0.15, -0.1) is 0 Å². The highest BCUT2D eigenvalue weighted by Gasteiger charge is 2.47. The lowest BCUT2D eigenvalue weighted by Crippen LogP contribution is -2.59. The van der Waals surface area contributed by atoms with Gasteiger partial charge in [0.2, 0.25) is 0 Å². The first kappa shape index (κ1) is 17.1. The topological polar surface area (TPSA) is 6.48 Å². The van der Waals surface area contributed by atoms with Gasteiger partial charge in [0.25, 0.3) is 5.92 Å². The van der Waals surface area contributed by atoms with Gasteiger partial charge in [0.1, 0.15) is 0 Å². The molecule has 2 rings (SSSR count). The van der Waals surface area contributed by atoms with Crippen LogP contribution in [0, 0.1) is 11.8 Å². The summed E-state index contributed by atoms with van der Waals surface area (Å²) >= 11 is 0. The molecule has 2 aliphatic heterocycles. The maximum atomic E-state index is 14.5. The summed E-state index contributed by atoms with van der Waals surface area (Å²) in [6, 6.07) is -0.523. The van der Waals surface area contributed by atoms with Crippen molar-refractivity contribution >= 4 is 0 Å². The quantitative estimate of drug-likeness (QED) is 0.761. The van der Waals surface area contributed by atoms with E-state index in [4.69, 9.17) is 0 Å². The van der Waals surface area contributed by atoms with Gasteiger partial charge in [-0.3, -0.25) is 9.80 Å². The Morgan fingerprint density at radius 1 is 1.10 bits per heavy atom. The fraction of sp³-hybridized carbons (Fsp3) is 1.00. The largest absolute Gasteiger partial charge is 0.297 e. The number of halogens is 2. The average molecular weight is 302 g/mol. The van der Waals surface area contributed by atoms with Crippen molar-refractivity contribution < 1.29 is 8.78 Å². The molecule has 0 aromatic rings. The van der Waals surface area contributed by atoms with Crippen LogP contribution in [0.25, 0.3) is 0 Å². The third-order valence-corrected chi connectivity index (χ3v) is 5.08. The molecule has 1 atom stereocenters. The Hall–Kier alpha value is -0.220. The van der Waals surface area contributed by atoms with E-state index in [1.165, 1.54) is 6.42 Å². The third-order valence-electron chi connectivity index (χ3n) is 5.08. The molecule has 0 aromatic carbocycles. The molecule has 0 saturated carbocycles. The summed E-state index contributed by atoms with van der Waals surface area (Å²) in [4.78, 5) is 4.02. The fourth-order valence-corrected chi connectivity index (χ4v) is 4.12. The lowest BCUT2D eigenvalue weighted by molar-refractivity contribution is -0.132. The van der Waals surface area contributed by atoms with Crippen LogP contribution in [0.2, 0.25) is 0 Å². The van der Waals surface area contributed by atoms with Crippen molar-refractivity contribution in [2.75, 3.05) is 32.7 Å². The van der Waals surface area contributed by atoms with E-state index in [9.17, 15) is 8.78 Å². The van der Waals surface area contributed by atoms with Gasteiger partial charge in [-0.25, -0.2) is 8.78 Å². The molecule has 0 N–H and O–H groups in total. The van der Waals surface area contributed by atoms with Crippen molar-refractivity contribution in [2.45, 2.75) is 64.8 Å². The van der Waals surface area contributed by atoms with Gasteiger partial charge in [0, 0.05) is 6.54 Å². The van der Waals surface area contributed by atoms with E-state index in [0.717, 1.165) is 57.3 Å². The fourth-order valence-electron chi connectivity index (χ4n) is 4.12. The Morgan fingerprint density at radius 2 is 1.76 bits per heavy atom. The molecule has 0 radical (unpaired) electrons. The summed E-state index contributed by atoms with van der Waals surface area (Å²) in [5.41, 5.74) is 0. The van der Waals surface area contributed by atoms with Gasteiger partial charge >= 0.3 is 0 Å². The van der Waals surface area contributed by atoms with Crippen molar-refractivity contribution in [3.63, 3.8) is 0 Å². The molecule has 124 valence electrons. The van der Waals surface area contributed by atoms with E-state index >= 15 is 0 Å². The highest BCUT2D eigenvalue weighted by Crippen LogP contribution is 2.34. The minimum atomic E-state index is -2.54. The normalized spacial score (nSPS) is 29.1. The van der Waals surface area contributed by atoms with E-state index < -0.39 is 12.0 Å². The molecule has 0 aliphatic carbocycles. The standard InChI is InChI=1S/C17H32F2N2/c1-4-8-20-9-7-16(17(18,19)13-20)21-10-5-15(6-11-21)12-14(2)3/h14-16H,4-13H2,1-3H3. The Kier molecular flexibility index (Phi) is 6.01. The molecule has 1 unspecified atom stereocenters. The van der Waals surface area contributed by atoms with Crippen LogP contribution in [-0.2, 0) is 0 Å². The van der Waals surface area contributed by atoms with Gasteiger partial charge in [0.15, 0.2) is 0 Å². The average Bonchev–Trinajstić information content (AvgIpc) is 2.39. The van der Waals surface area contributed by atoms with Crippen molar-refractivity contribution in [1.82, 2.24) is 9.80 Å². The summed E-state index contributed by atoms with van der Waals surface area (Å²) in [7, 11) is 0. The number of alkyl halides is 2. The zero-order chi connectivity index (χ0) is 15.5. The molecule has 21 heavy (non-hydrogen) atoms. The minimum absolute atomic E-state index is 0.0442. The summed E-state index contributed by atoms with van der Waals surface area (Å²) in [6.45, 7) is 9.89. The van der Waals surface area contributed by atoms with Gasteiger partial charge in [-0.1, -0.05) is 20.8 Å². The van der Waals surface area contributed by atoms with E-state index in [0.29, 0.717) is 6.42 Å². The summed E-state index contributed by atoms with van der Waals surface area (Å²) in [6.07, 6.45) is 5.04. The summed E-state index contributed by atoms with van der Waals surface area (Å²) < 4.78 is 28.9. The van der Waals surface area contributed by atoms with E-state index in [2.05, 4.69) is 25.7 Å². The molecular weight excluding hydrogens is 270 g/mol. The Morgan fingerprint density at radius 3 is 2.29 bits per heavy atom. The molecule has 2 heterocycles. The highest BCUT2D eigenvalue weighted by molar-refractivity contribution is 4.94. The SMILES string of the molecule is CCCN1CCC(N2CCC(CC(C)C)CC2)C(F)(F)C1. The first-order chi connectivity index (χ1) is 9.92. The molecule has 0 spiro atoms. The predicted octanol–water partition coefficient (Wildman–Crippen LogP) is 3.86. The predicted molar refractivity (Wildman–Crippen MR) is 83.8 cm³/mol. The number of likely N-dealkylation sites (tertiary alicyclic amines) is 2. The summed E-state index contributed by atoms with van der Waals surface area (Å²) in [5, 5.41) is 0. The first-order valence-corrected chi connectivity index (χ1v) is 8.76. The van der Waals surface area contributed by atoms with Crippen LogP contribution in [0.4, 0.5) is 8.78 Å². The van der Waals surface area contributed by atoms with E-state index in [1.54, 1.807) is 0 Å². The van der Waals surface area contributed by atoms with Gasteiger partial charge in [-0.2, -0.15) is 0 Å². The maximum Gasteiger partial charge on any atom is 0.275 e. The van der Waals surface area contributed by atoms with Crippen molar-refractivity contribution in [3.05, 3.63) is 0 Å². The molecule has 4 heteroatoms. The van der Waals surface area contributed by atoms with Gasteiger partial charge < -0.3 is 0 Å². The Bertz CT molecular complexity index is 312. The van der Waals surface area contributed by atoms with E-state index in [-0.39, 0.29) is 6.54 Å². The number of nitrogens with zero attached hydrogens (tertiary/aromatic N) is 2. The summed E-state index contributed by atoms with van der Waals surface area (Å²) in [5.74, 6) is -1.08.